The summed E-state index contributed by atoms with van der Waals surface area (Å²) in [5.74, 6) is -0.601. The van der Waals surface area contributed by atoms with E-state index < -0.39 is 22.5 Å². The molecule has 0 saturated carbocycles. The quantitative estimate of drug-likeness (QED) is 0.321. The summed E-state index contributed by atoms with van der Waals surface area (Å²) in [7, 11) is -3.95. The molecule has 1 amide bonds. The highest BCUT2D eigenvalue weighted by Gasteiger charge is 2.27. The zero-order valence-corrected chi connectivity index (χ0v) is 20.6. The Kier molecular flexibility index (Phi) is 8.51. The lowest BCUT2D eigenvalue weighted by atomic mass is 10.2. The second-order valence-corrected chi connectivity index (χ2v) is 10.4. The third kappa shape index (κ3) is 7.03. The number of hydrogen-bond donors (Lipinski definition) is 1. The molecule has 33 heavy (non-hydrogen) atoms. The first kappa shape index (κ1) is 25.2. The molecule has 3 aromatic rings. The maximum absolute atomic E-state index is 13.3. The van der Waals surface area contributed by atoms with E-state index >= 15 is 0 Å². The van der Waals surface area contributed by atoms with Gasteiger partial charge in [-0.25, -0.2) is 13.8 Å². The molecule has 3 aromatic carbocycles. The van der Waals surface area contributed by atoms with Gasteiger partial charge < -0.3 is 0 Å². The van der Waals surface area contributed by atoms with Gasteiger partial charge in [0, 0.05) is 11.6 Å². The van der Waals surface area contributed by atoms with Crippen LogP contribution in [0.5, 0.6) is 0 Å². The number of amides is 1. The Hall–Kier alpha value is -2.42. The van der Waals surface area contributed by atoms with E-state index in [4.69, 9.17) is 34.8 Å². The average molecular weight is 525 g/mol. The summed E-state index contributed by atoms with van der Waals surface area (Å²) in [5, 5.41) is 5.17. The van der Waals surface area contributed by atoms with E-state index in [9.17, 15) is 13.2 Å². The molecule has 0 aliphatic heterocycles. The lowest BCUT2D eigenvalue weighted by molar-refractivity contribution is -0.121. The van der Waals surface area contributed by atoms with E-state index in [-0.39, 0.29) is 11.4 Å². The molecular formula is C23H20Cl3N3O3S. The Morgan fingerprint density at radius 3 is 2.27 bits per heavy atom. The van der Waals surface area contributed by atoms with E-state index in [2.05, 4.69) is 10.5 Å². The number of nitrogens with one attached hydrogen (secondary N) is 1. The Morgan fingerprint density at radius 1 is 0.970 bits per heavy atom. The number of rotatable bonds is 8. The van der Waals surface area contributed by atoms with E-state index in [1.807, 2.05) is 6.92 Å². The Bertz CT molecular complexity index is 1260. The molecule has 0 aromatic heterocycles. The topological polar surface area (TPSA) is 78.8 Å². The Morgan fingerprint density at radius 2 is 1.64 bits per heavy atom. The predicted octanol–water partition coefficient (Wildman–Crippen LogP) is 5.30. The van der Waals surface area contributed by atoms with Crippen LogP contribution in [0.15, 0.2) is 76.7 Å². The van der Waals surface area contributed by atoms with Crippen LogP contribution in [0.3, 0.4) is 0 Å². The van der Waals surface area contributed by atoms with Gasteiger partial charge in [-0.2, -0.15) is 9.41 Å². The van der Waals surface area contributed by atoms with Crippen LogP contribution in [0.25, 0.3) is 0 Å². The van der Waals surface area contributed by atoms with Crippen molar-refractivity contribution in [2.24, 2.45) is 5.10 Å². The Balaban J connectivity index is 1.78. The van der Waals surface area contributed by atoms with Crippen molar-refractivity contribution in [3.8, 4) is 0 Å². The summed E-state index contributed by atoms with van der Waals surface area (Å²) in [6.07, 6.45) is 1.39. The largest absolute Gasteiger partial charge is 0.272 e. The fraction of sp³-hybridized carbons (Fsp3) is 0.130. The van der Waals surface area contributed by atoms with Crippen LogP contribution in [-0.4, -0.2) is 31.4 Å². The summed E-state index contributed by atoms with van der Waals surface area (Å²) in [5.41, 5.74) is 4.58. The first-order chi connectivity index (χ1) is 15.6. The predicted molar refractivity (Wildman–Crippen MR) is 132 cm³/mol. The number of carbonyl (C=O) groups excluding carboxylic acids is 1. The maximum Gasteiger partial charge on any atom is 0.255 e. The maximum atomic E-state index is 13.3. The lowest BCUT2D eigenvalue weighted by Gasteiger charge is -2.21. The number of hydrazone groups is 1. The van der Waals surface area contributed by atoms with Crippen molar-refractivity contribution in [1.29, 1.82) is 0 Å². The van der Waals surface area contributed by atoms with Gasteiger partial charge in [0.1, 0.15) is 0 Å². The van der Waals surface area contributed by atoms with Crippen LogP contribution >= 0.6 is 34.8 Å². The molecule has 0 spiro atoms. The van der Waals surface area contributed by atoms with Crippen LogP contribution in [0.2, 0.25) is 15.1 Å². The third-order valence-electron chi connectivity index (χ3n) is 4.60. The van der Waals surface area contributed by atoms with Gasteiger partial charge in [0.05, 0.1) is 27.7 Å². The van der Waals surface area contributed by atoms with Crippen molar-refractivity contribution in [2.75, 3.05) is 6.54 Å². The average Bonchev–Trinajstić information content (AvgIpc) is 2.77. The monoisotopic (exact) mass is 523 g/mol. The summed E-state index contributed by atoms with van der Waals surface area (Å²) in [6, 6.07) is 18.1. The highest BCUT2D eigenvalue weighted by Crippen LogP contribution is 2.22. The molecule has 6 nitrogen and oxygen atoms in total. The van der Waals surface area contributed by atoms with Crippen LogP contribution < -0.4 is 5.43 Å². The van der Waals surface area contributed by atoms with Crippen molar-refractivity contribution < 1.29 is 13.2 Å². The van der Waals surface area contributed by atoms with E-state index in [0.29, 0.717) is 26.2 Å². The molecule has 0 unspecified atom stereocenters. The second kappa shape index (κ2) is 11.1. The molecule has 0 saturated heterocycles. The van der Waals surface area contributed by atoms with Crippen LogP contribution in [0.4, 0.5) is 0 Å². The summed E-state index contributed by atoms with van der Waals surface area (Å²) < 4.78 is 27.6. The van der Waals surface area contributed by atoms with E-state index in [1.54, 1.807) is 54.6 Å². The zero-order valence-electron chi connectivity index (χ0n) is 17.5. The molecule has 0 atom stereocenters. The van der Waals surface area contributed by atoms with Crippen molar-refractivity contribution in [3.63, 3.8) is 0 Å². The number of benzene rings is 3. The highest BCUT2D eigenvalue weighted by atomic mass is 35.5. The van der Waals surface area contributed by atoms with Crippen molar-refractivity contribution >= 4 is 56.9 Å². The number of hydrogen-bond acceptors (Lipinski definition) is 4. The first-order valence-corrected chi connectivity index (χ1v) is 12.3. The lowest BCUT2D eigenvalue weighted by Crippen LogP contribution is -2.39. The summed E-state index contributed by atoms with van der Waals surface area (Å²) >= 11 is 17.8. The smallest absolute Gasteiger partial charge is 0.255 e. The molecule has 0 aliphatic rings. The minimum absolute atomic E-state index is 0.0166. The fourth-order valence-corrected chi connectivity index (χ4v) is 4.66. The van der Waals surface area contributed by atoms with Crippen LogP contribution in [0.1, 0.15) is 16.7 Å². The van der Waals surface area contributed by atoms with Crippen LogP contribution in [-0.2, 0) is 21.4 Å². The third-order valence-corrected chi connectivity index (χ3v) is 7.39. The minimum Gasteiger partial charge on any atom is -0.272 e. The van der Waals surface area contributed by atoms with Crippen molar-refractivity contribution in [1.82, 2.24) is 9.73 Å². The van der Waals surface area contributed by atoms with Crippen molar-refractivity contribution in [3.05, 3.63) is 98.5 Å². The summed E-state index contributed by atoms with van der Waals surface area (Å²) in [4.78, 5) is 12.6. The second-order valence-electron chi connectivity index (χ2n) is 7.18. The number of halogens is 3. The molecule has 0 fully saturated rings. The minimum atomic E-state index is -3.95. The van der Waals surface area contributed by atoms with Gasteiger partial charge >= 0.3 is 0 Å². The standard InChI is InChI=1S/C23H20Cl3N3O3S/c1-16-2-9-20(10-3-16)33(31,32)29(14-17-4-7-19(24)8-5-17)15-23(30)28-27-13-18-6-11-21(25)22(26)12-18/h2-13H,14-15H2,1H3,(H,28,30)/b27-13-. The van der Waals surface area contributed by atoms with Gasteiger partial charge in [0.25, 0.3) is 5.91 Å². The van der Waals surface area contributed by atoms with Gasteiger partial charge in [-0.05, 0) is 54.4 Å². The highest BCUT2D eigenvalue weighted by molar-refractivity contribution is 7.89. The molecule has 3 rings (SSSR count). The molecule has 1 N–H and O–H groups in total. The SMILES string of the molecule is Cc1ccc(S(=O)(=O)N(CC(=O)N/N=C\c2ccc(Cl)c(Cl)c2)Cc2ccc(Cl)cc2)cc1. The van der Waals surface area contributed by atoms with Gasteiger partial charge in [-0.1, -0.05) is 70.7 Å². The van der Waals surface area contributed by atoms with Gasteiger partial charge in [0.2, 0.25) is 10.0 Å². The number of nitrogens with zero attached hydrogens (tertiary/aromatic N) is 2. The Labute approximate surface area is 207 Å². The normalized spacial score (nSPS) is 11.8. The van der Waals surface area contributed by atoms with Crippen LogP contribution in [0, 0.1) is 6.92 Å². The molecule has 10 heteroatoms. The fourth-order valence-electron chi connectivity index (χ4n) is 2.85. The van der Waals surface area contributed by atoms with E-state index in [0.717, 1.165) is 9.87 Å². The van der Waals surface area contributed by atoms with Gasteiger partial charge in [-0.3, -0.25) is 4.79 Å². The van der Waals surface area contributed by atoms with Gasteiger partial charge in [0.15, 0.2) is 0 Å². The van der Waals surface area contributed by atoms with Gasteiger partial charge in [-0.15, -0.1) is 0 Å². The number of sulfonamides is 1. The molecule has 0 heterocycles. The molecule has 0 radical (unpaired) electrons. The molecule has 0 aliphatic carbocycles. The number of carbonyl (C=O) groups is 1. The zero-order chi connectivity index (χ0) is 24.0. The number of aryl methyl sites for hydroxylation is 1. The molecule has 0 bridgehead atoms. The van der Waals surface area contributed by atoms with Crippen molar-refractivity contribution in [2.45, 2.75) is 18.4 Å². The van der Waals surface area contributed by atoms with E-state index in [1.165, 1.54) is 18.3 Å². The first-order valence-electron chi connectivity index (χ1n) is 9.73. The summed E-state index contributed by atoms with van der Waals surface area (Å²) in [6.45, 7) is 1.41. The molecule has 172 valence electrons. The molecular weight excluding hydrogens is 505 g/mol.